The molecule has 1 rings (SSSR count). The molecule has 0 aliphatic rings. The van der Waals surface area contributed by atoms with Gasteiger partial charge in [-0.3, -0.25) is 19.7 Å². The number of amides is 1. The van der Waals surface area contributed by atoms with Crippen molar-refractivity contribution in [2.45, 2.75) is 0 Å². The molecule has 7 nitrogen and oxygen atoms in total. The van der Waals surface area contributed by atoms with Crippen LogP contribution in [0.25, 0.3) is 0 Å². The molecule has 0 heterocycles. The molecule has 0 unspecified atom stereocenters. The molecule has 0 saturated heterocycles. The van der Waals surface area contributed by atoms with Crippen molar-refractivity contribution in [1.82, 2.24) is 0 Å². The van der Waals surface area contributed by atoms with Gasteiger partial charge in [-0.05, 0) is 6.07 Å². The van der Waals surface area contributed by atoms with Crippen molar-refractivity contribution >= 4 is 17.9 Å². The van der Waals surface area contributed by atoms with Gasteiger partial charge in [-0.1, -0.05) is 0 Å². The van der Waals surface area contributed by atoms with E-state index in [0.29, 0.717) is 6.29 Å². The van der Waals surface area contributed by atoms with Crippen molar-refractivity contribution in [2.75, 3.05) is 7.11 Å². The van der Waals surface area contributed by atoms with Crippen LogP contribution in [0.4, 0.5) is 5.69 Å². The fourth-order valence-electron chi connectivity index (χ4n) is 1.24. The number of methoxy groups -OCH3 is 1. The predicted octanol–water partition coefficient (Wildman–Crippen LogP) is 0.515. The summed E-state index contributed by atoms with van der Waals surface area (Å²) < 4.78 is 4.74. The van der Waals surface area contributed by atoms with Crippen molar-refractivity contribution in [3.05, 3.63) is 33.4 Å². The number of carbonyl (C=O) groups excluding carboxylic acids is 2. The number of aldehydes is 1. The van der Waals surface area contributed by atoms with Crippen molar-refractivity contribution in [3.63, 3.8) is 0 Å². The van der Waals surface area contributed by atoms with E-state index in [1.165, 1.54) is 7.11 Å². The second kappa shape index (κ2) is 4.39. The molecule has 0 saturated carbocycles. The van der Waals surface area contributed by atoms with E-state index in [-0.39, 0.29) is 16.9 Å². The highest BCUT2D eigenvalue weighted by Gasteiger charge is 2.23. The topological polar surface area (TPSA) is 113 Å². The summed E-state index contributed by atoms with van der Waals surface area (Å²) in [5.74, 6) is -1.15. The van der Waals surface area contributed by atoms with Gasteiger partial charge in [-0.2, -0.15) is 0 Å². The second-order valence-electron chi connectivity index (χ2n) is 2.86. The van der Waals surface area contributed by atoms with Gasteiger partial charge in [0.05, 0.1) is 17.6 Å². The fourth-order valence-corrected chi connectivity index (χ4v) is 1.24. The molecule has 0 spiro atoms. The minimum Gasteiger partial charge on any atom is -0.490 e. The Labute approximate surface area is 90.0 Å². The zero-order valence-electron chi connectivity index (χ0n) is 8.30. The number of hydrogen-bond acceptors (Lipinski definition) is 5. The highest BCUT2D eigenvalue weighted by molar-refractivity contribution is 5.99. The number of hydrogen-bond donors (Lipinski definition) is 1. The highest BCUT2D eigenvalue weighted by Crippen LogP contribution is 2.31. The van der Waals surface area contributed by atoms with Crippen LogP contribution >= 0.6 is 0 Å². The number of nitro benzene ring substituents is 1. The summed E-state index contributed by atoms with van der Waals surface area (Å²) in [6.45, 7) is 0. The molecule has 2 N–H and O–H groups in total. The molecule has 1 aromatic carbocycles. The van der Waals surface area contributed by atoms with Crippen molar-refractivity contribution in [1.29, 1.82) is 0 Å². The van der Waals surface area contributed by atoms with Gasteiger partial charge in [-0.15, -0.1) is 0 Å². The molecule has 0 aromatic heterocycles. The molecule has 1 aromatic rings. The molecule has 0 bridgehead atoms. The average Bonchev–Trinajstić information content (AvgIpc) is 2.26. The lowest BCUT2D eigenvalue weighted by molar-refractivity contribution is -0.385. The number of ether oxygens (including phenoxy) is 1. The van der Waals surface area contributed by atoms with Crippen molar-refractivity contribution in [2.24, 2.45) is 5.73 Å². The number of rotatable bonds is 4. The summed E-state index contributed by atoms with van der Waals surface area (Å²) in [6, 6.07) is 2.15. The third-order valence-corrected chi connectivity index (χ3v) is 1.89. The van der Waals surface area contributed by atoms with E-state index in [9.17, 15) is 19.7 Å². The van der Waals surface area contributed by atoms with Crippen LogP contribution in [-0.2, 0) is 0 Å². The predicted molar refractivity (Wildman–Crippen MR) is 53.6 cm³/mol. The summed E-state index contributed by atoms with van der Waals surface area (Å²) in [5, 5.41) is 10.7. The Balaban J connectivity index is 3.58. The van der Waals surface area contributed by atoms with Crippen LogP contribution in [0.15, 0.2) is 12.1 Å². The van der Waals surface area contributed by atoms with Crippen molar-refractivity contribution < 1.29 is 19.2 Å². The van der Waals surface area contributed by atoms with Crippen LogP contribution in [0.3, 0.4) is 0 Å². The normalized spacial score (nSPS) is 9.56. The van der Waals surface area contributed by atoms with Gasteiger partial charge in [0.15, 0.2) is 0 Å². The molecular weight excluding hydrogens is 216 g/mol. The van der Waals surface area contributed by atoms with Crippen molar-refractivity contribution in [3.8, 4) is 5.75 Å². The molecule has 0 aliphatic heterocycles. The van der Waals surface area contributed by atoms with Crippen LogP contribution < -0.4 is 10.5 Å². The Bertz CT molecular complexity index is 434. The van der Waals surface area contributed by atoms with Crippen LogP contribution in [0.1, 0.15) is 20.7 Å². The average molecular weight is 224 g/mol. The summed E-state index contributed by atoms with van der Waals surface area (Å²) >= 11 is 0. The maximum absolute atomic E-state index is 11.0. The van der Waals surface area contributed by atoms with Crippen LogP contribution in [0.2, 0.25) is 0 Å². The Kier molecular flexibility index (Phi) is 3.19. The van der Waals surface area contributed by atoms with E-state index in [1.807, 2.05) is 0 Å². The lowest BCUT2D eigenvalue weighted by Crippen LogP contribution is -2.14. The van der Waals surface area contributed by atoms with E-state index in [4.69, 9.17) is 10.5 Å². The first kappa shape index (κ1) is 11.6. The van der Waals surface area contributed by atoms with E-state index in [2.05, 4.69) is 0 Å². The second-order valence-corrected chi connectivity index (χ2v) is 2.86. The number of carbonyl (C=O) groups is 2. The Morgan fingerprint density at radius 1 is 1.56 bits per heavy atom. The summed E-state index contributed by atoms with van der Waals surface area (Å²) in [4.78, 5) is 31.5. The van der Waals surface area contributed by atoms with Gasteiger partial charge < -0.3 is 10.5 Å². The Hall–Kier alpha value is -2.44. The lowest BCUT2D eigenvalue weighted by atomic mass is 10.1. The van der Waals surface area contributed by atoms with Gasteiger partial charge in [0, 0.05) is 11.6 Å². The zero-order valence-corrected chi connectivity index (χ0v) is 8.30. The fraction of sp³-hybridized carbons (Fsp3) is 0.111. The summed E-state index contributed by atoms with van der Waals surface area (Å²) in [6.07, 6.45) is 0.388. The Morgan fingerprint density at radius 2 is 2.19 bits per heavy atom. The van der Waals surface area contributed by atoms with Gasteiger partial charge in [0.25, 0.3) is 5.91 Å². The smallest absolute Gasteiger partial charge is 0.312 e. The quantitative estimate of drug-likeness (QED) is 0.455. The standard InChI is InChI=1S/C9H8N2O5/c1-16-8-6(9(10)13)2-5(4-12)3-7(8)11(14)15/h2-4H,1H3,(H2,10,13). The number of nitrogens with two attached hydrogens (primary N) is 1. The van der Waals surface area contributed by atoms with Gasteiger partial charge in [-0.25, -0.2) is 0 Å². The molecule has 0 radical (unpaired) electrons. The third-order valence-electron chi connectivity index (χ3n) is 1.89. The minimum atomic E-state index is -0.899. The molecule has 0 atom stereocenters. The van der Waals surface area contributed by atoms with Crippen LogP contribution in [0, 0.1) is 10.1 Å². The third kappa shape index (κ3) is 1.97. The van der Waals surface area contributed by atoms with E-state index in [0.717, 1.165) is 12.1 Å². The first-order chi connectivity index (χ1) is 7.51. The SMILES string of the molecule is COc1c(C(N)=O)cc(C=O)cc1[N+](=O)[O-]. The number of nitrogens with zero attached hydrogens (tertiary/aromatic N) is 1. The van der Waals surface area contributed by atoms with Crippen LogP contribution in [0.5, 0.6) is 5.75 Å². The molecule has 1 amide bonds. The summed E-state index contributed by atoms with van der Waals surface area (Å²) in [7, 11) is 1.18. The monoisotopic (exact) mass is 224 g/mol. The largest absolute Gasteiger partial charge is 0.490 e. The van der Waals surface area contributed by atoms with Crippen LogP contribution in [-0.4, -0.2) is 24.2 Å². The minimum absolute atomic E-state index is 0.0127. The highest BCUT2D eigenvalue weighted by atomic mass is 16.6. The Morgan fingerprint density at radius 3 is 2.56 bits per heavy atom. The number of primary amides is 1. The molecule has 84 valence electrons. The molecular formula is C9H8N2O5. The van der Waals surface area contributed by atoms with E-state index >= 15 is 0 Å². The first-order valence-electron chi connectivity index (χ1n) is 4.12. The van der Waals surface area contributed by atoms with Gasteiger partial charge in [0.1, 0.15) is 6.29 Å². The number of benzene rings is 1. The lowest BCUT2D eigenvalue weighted by Gasteiger charge is -2.06. The molecule has 16 heavy (non-hydrogen) atoms. The van der Waals surface area contributed by atoms with Gasteiger partial charge >= 0.3 is 5.69 Å². The molecule has 7 heteroatoms. The van der Waals surface area contributed by atoms with E-state index < -0.39 is 16.5 Å². The summed E-state index contributed by atoms with van der Waals surface area (Å²) in [5.41, 5.74) is 4.35. The maximum Gasteiger partial charge on any atom is 0.312 e. The molecule has 0 fully saturated rings. The zero-order chi connectivity index (χ0) is 12.3. The van der Waals surface area contributed by atoms with Gasteiger partial charge in [0.2, 0.25) is 5.75 Å². The maximum atomic E-state index is 11.0. The molecule has 0 aliphatic carbocycles. The first-order valence-corrected chi connectivity index (χ1v) is 4.12. The number of nitro groups is 1. The van der Waals surface area contributed by atoms with E-state index in [1.54, 1.807) is 0 Å².